The molecule has 0 atom stereocenters. The topological polar surface area (TPSA) is 53.0 Å². The molecule has 0 spiro atoms. The summed E-state index contributed by atoms with van der Waals surface area (Å²) < 4.78 is 0. The fourth-order valence-corrected chi connectivity index (χ4v) is 2.44. The van der Waals surface area contributed by atoms with Gasteiger partial charge in [0, 0.05) is 23.8 Å². The Bertz CT molecular complexity index is 644. The number of anilines is 2. The van der Waals surface area contributed by atoms with Crippen LogP contribution in [0.2, 0.25) is 5.02 Å². The van der Waals surface area contributed by atoms with Gasteiger partial charge in [-0.2, -0.15) is 5.26 Å². The van der Waals surface area contributed by atoms with E-state index in [4.69, 9.17) is 17.3 Å². The van der Waals surface area contributed by atoms with Crippen molar-refractivity contribution < 1.29 is 0 Å². The van der Waals surface area contributed by atoms with Crippen LogP contribution in [0.5, 0.6) is 0 Å². The largest absolute Gasteiger partial charge is 0.399 e. The Morgan fingerprint density at radius 1 is 1.19 bits per heavy atom. The maximum Gasteiger partial charge on any atom is 0.101 e. The van der Waals surface area contributed by atoms with Crippen molar-refractivity contribution in [3.05, 3.63) is 58.6 Å². The van der Waals surface area contributed by atoms with Crippen LogP contribution in [0, 0.1) is 11.3 Å². The van der Waals surface area contributed by atoms with Gasteiger partial charge in [0.1, 0.15) is 6.07 Å². The molecule has 0 heterocycles. The van der Waals surface area contributed by atoms with E-state index in [9.17, 15) is 5.26 Å². The average molecular weight is 300 g/mol. The lowest BCUT2D eigenvalue weighted by molar-refractivity contribution is 0.766. The third-order valence-electron chi connectivity index (χ3n) is 3.27. The van der Waals surface area contributed by atoms with Crippen LogP contribution < -0.4 is 10.6 Å². The van der Waals surface area contributed by atoms with Gasteiger partial charge in [0.2, 0.25) is 0 Å². The number of hydrogen-bond acceptors (Lipinski definition) is 3. The minimum absolute atomic E-state index is 0.583. The second-order valence-corrected chi connectivity index (χ2v) is 5.37. The maximum absolute atomic E-state index is 9.31. The molecule has 0 aliphatic heterocycles. The van der Waals surface area contributed by atoms with Crippen molar-refractivity contribution in [2.24, 2.45) is 0 Å². The van der Waals surface area contributed by atoms with E-state index in [1.165, 1.54) is 0 Å². The van der Waals surface area contributed by atoms with Crippen molar-refractivity contribution in [2.45, 2.75) is 19.9 Å². The summed E-state index contributed by atoms with van der Waals surface area (Å²) in [5.74, 6) is 0. The van der Waals surface area contributed by atoms with Crippen molar-refractivity contribution >= 4 is 23.0 Å². The molecule has 0 unspecified atom stereocenters. The predicted molar refractivity (Wildman–Crippen MR) is 88.4 cm³/mol. The highest BCUT2D eigenvalue weighted by molar-refractivity contribution is 6.30. The van der Waals surface area contributed by atoms with Gasteiger partial charge in [0.15, 0.2) is 0 Å². The van der Waals surface area contributed by atoms with Crippen LogP contribution >= 0.6 is 11.6 Å². The molecule has 0 aliphatic rings. The van der Waals surface area contributed by atoms with E-state index < -0.39 is 0 Å². The molecule has 3 nitrogen and oxygen atoms in total. The third kappa shape index (κ3) is 3.90. The molecular formula is C17H18ClN3. The fourth-order valence-electron chi connectivity index (χ4n) is 2.27. The number of benzene rings is 2. The zero-order valence-electron chi connectivity index (χ0n) is 12.0. The molecule has 2 rings (SSSR count). The molecule has 0 radical (unpaired) electrons. The first-order chi connectivity index (χ1) is 10.1. The molecular weight excluding hydrogens is 282 g/mol. The Morgan fingerprint density at radius 2 is 1.90 bits per heavy atom. The lowest BCUT2D eigenvalue weighted by Crippen LogP contribution is -2.24. The highest BCUT2D eigenvalue weighted by Gasteiger charge is 2.12. The van der Waals surface area contributed by atoms with E-state index in [1.807, 2.05) is 36.4 Å². The van der Waals surface area contributed by atoms with Crippen LogP contribution in [0.15, 0.2) is 42.5 Å². The molecule has 4 heteroatoms. The molecule has 2 N–H and O–H groups in total. The Balaban J connectivity index is 2.31. The summed E-state index contributed by atoms with van der Waals surface area (Å²) in [5.41, 5.74) is 9.16. The number of rotatable bonds is 5. The lowest BCUT2D eigenvalue weighted by Gasteiger charge is -2.25. The van der Waals surface area contributed by atoms with Gasteiger partial charge in [-0.05, 0) is 42.3 Å². The van der Waals surface area contributed by atoms with Crippen molar-refractivity contribution in [2.75, 3.05) is 17.2 Å². The predicted octanol–water partition coefficient (Wildman–Crippen LogP) is 4.21. The van der Waals surface area contributed by atoms with Gasteiger partial charge in [-0.25, -0.2) is 0 Å². The standard InChI is InChI=1S/C17H18ClN3/c1-2-9-21(12-13-3-6-16(20)7-4-13)17-8-5-15(18)10-14(17)11-19/h3-8,10H,2,9,12,20H2,1H3. The van der Waals surface area contributed by atoms with E-state index in [1.54, 1.807) is 6.07 Å². The number of nitriles is 1. The van der Waals surface area contributed by atoms with E-state index in [-0.39, 0.29) is 0 Å². The summed E-state index contributed by atoms with van der Waals surface area (Å²) in [6.07, 6.45) is 1.00. The minimum Gasteiger partial charge on any atom is -0.399 e. The summed E-state index contributed by atoms with van der Waals surface area (Å²) in [6, 6.07) is 15.5. The van der Waals surface area contributed by atoms with E-state index >= 15 is 0 Å². The highest BCUT2D eigenvalue weighted by Crippen LogP contribution is 2.25. The summed E-state index contributed by atoms with van der Waals surface area (Å²) >= 11 is 5.97. The molecule has 0 bridgehead atoms. The SMILES string of the molecule is CCCN(Cc1ccc(N)cc1)c1ccc(Cl)cc1C#N. The maximum atomic E-state index is 9.31. The van der Waals surface area contributed by atoms with Gasteiger partial charge in [0.25, 0.3) is 0 Å². The molecule has 0 saturated carbocycles. The van der Waals surface area contributed by atoms with Crippen LogP contribution in [0.3, 0.4) is 0 Å². The fraction of sp³-hybridized carbons (Fsp3) is 0.235. The quantitative estimate of drug-likeness (QED) is 0.841. The lowest BCUT2D eigenvalue weighted by atomic mass is 10.1. The monoisotopic (exact) mass is 299 g/mol. The molecule has 108 valence electrons. The Kier molecular flexibility index (Phi) is 5.08. The first kappa shape index (κ1) is 15.2. The zero-order valence-corrected chi connectivity index (χ0v) is 12.8. The summed E-state index contributed by atoms with van der Waals surface area (Å²) in [7, 11) is 0. The highest BCUT2D eigenvalue weighted by atomic mass is 35.5. The smallest absolute Gasteiger partial charge is 0.101 e. The van der Waals surface area contributed by atoms with Crippen LogP contribution in [-0.2, 0) is 6.54 Å². The molecule has 0 aliphatic carbocycles. The molecule has 0 saturated heterocycles. The Hall–Kier alpha value is -2.18. The van der Waals surface area contributed by atoms with Gasteiger partial charge >= 0.3 is 0 Å². The first-order valence-electron chi connectivity index (χ1n) is 6.93. The molecule has 0 fully saturated rings. The number of nitrogens with zero attached hydrogens (tertiary/aromatic N) is 2. The normalized spacial score (nSPS) is 10.1. The van der Waals surface area contributed by atoms with Crippen LogP contribution in [0.4, 0.5) is 11.4 Å². The van der Waals surface area contributed by atoms with E-state index in [2.05, 4.69) is 17.9 Å². The Morgan fingerprint density at radius 3 is 2.52 bits per heavy atom. The molecule has 21 heavy (non-hydrogen) atoms. The van der Waals surface area contributed by atoms with Crippen LogP contribution in [0.25, 0.3) is 0 Å². The van der Waals surface area contributed by atoms with Gasteiger partial charge in [0.05, 0.1) is 11.3 Å². The number of nitrogens with two attached hydrogens (primary N) is 1. The van der Waals surface area contributed by atoms with Gasteiger partial charge in [-0.15, -0.1) is 0 Å². The second kappa shape index (κ2) is 7.01. The molecule has 0 amide bonds. The van der Waals surface area contributed by atoms with Gasteiger partial charge in [-0.3, -0.25) is 0 Å². The summed E-state index contributed by atoms with van der Waals surface area (Å²) in [5, 5.41) is 9.89. The zero-order chi connectivity index (χ0) is 15.2. The summed E-state index contributed by atoms with van der Waals surface area (Å²) in [6.45, 7) is 3.74. The summed E-state index contributed by atoms with van der Waals surface area (Å²) in [4.78, 5) is 2.19. The number of nitrogen functional groups attached to an aromatic ring is 1. The molecule has 2 aromatic rings. The molecule has 2 aromatic carbocycles. The number of halogens is 1. The van der Waals surface area contributed by atoms with E-state index in [0.29, 0.717) is 10.6 Å². The third-order valence-corrected chi connectivity index (χ3v) is 3.50. The van der Waals surface area contributed by atoms with Crippen molar-refractivity contribution in [1.82, 2.24) is 0 Å². The van der Waals surface area contributed by atoms with Crippen molar-refractivity contribution in [3.63, 3.8) is 0 Å². The second-order valence-electron chi connectivity index (χ2n) is 4.94. The van der Waals surface area contributed by atoms with Gasteiger partial charge in [-0.1, -0.05) is 30.7 Å². The molecule has 0 aromatic heterocycles. The van der Waals surface area contributed by atoms with Crippen LogP contribution in [0.1, 0.15) is 24.5 Å². The first-order valence-corrected chi connectivity index (χ1v) is 7.31. The number of hydrogen-bond donors (Lipinski definition) is 1. The van der Waals surface area contributed by atoms with Crippen molar-refractivity contribution in [1.29, 1.82) is 5.26 Å². The Labute approximate surface area is 130 Å². The minimum atomic E-state index is 0.583. The van der Waals surface area contributed by atoms with E-state index in [0.717, 1.165) is 36.4 Å². The van der Waals surface area contributed by atoms with Crippen molar-refractivity contribution in [3.8, 4) is 6.07 Å². The van der Waals surface area contributed by atoms with Gasteiger partial charge < -0.3 is 10.6 Å². The average Bonchev–Trinajstić information content (AvgIpc) is 2.49. The van der Waals surface area contributed by atoms with Crippen LogP contribution in [-0.4, -0.2) is 6.54 Å².